The fraction of sp³-hybridized carbons (Fsp3) is 0.400. The predicted octanol–water partition coefficient (Wildman–Crippen LogP) is 6.15. The zero-order valence-electron chi connectivity index (χ0n) is 14.6. The molecule has 0 amide bonds. The van der Waals surface area contributed by atoms with E-state index in [1.54, 1.807) is 0 Å². The zero-order valence-corrected chi connectivity index (χ0v) is 15.5. The van der Waals surface area contributed by atoms with Gasteiger partial charge in [-0.1, -0.05) is 63.3 Å². The molecule has 0 aromatic heterocycles. The number of hydrogen-bond acceptors (Lipinski definition) is 2. The van der Waals surface area contributed by atoms with Crippen molar-refractivity contribution in [2.75, 3.05) is 0 Å². The van der Waals surface area contributed by atoms with E-state index >= 15 is 0 Å². The molecule has 0 fully saturated rings. The zero-order chi connectivity index (χ0) is 17.0. The molecular weight excluding hydrogens is 303 g/mol. The highest BCUT2D eigenvalue weighted by atomic mass is 31.1. The molecule has 0 N–H and O–H groups in total. The third-order valence-electron chi connectivity index (χ3n) is 3.66. The van der Waals surface area contributed by atoms with Crippen LogP contribution in [0.3, 0.4) is 0 Å². The first-order valence-corrected chi connectivity index (χ1v) is 9.32. The van der Waals surface area contributed by atoms with Gasteiger partial charge in [0.1, 0.15) is 6.10 Å². The van der Waals surface area contributed by atoms with E-state index in [1.165, 1.54) is 5.57 Å². The summed E-state index contributed by atoms with van der Waals surface area (Å²) >= 11 is 0. The summed E-state index contributed by atoms with van der Waals surface area (Å²) < 4.78 is 18.1. The molecule has 0 heterocycles. The minimum Gasteiger partial charge on any atom is -0.143 e. The summed E-state index contributed by atoms with van der Waals surface area (Å²) in [5.41, 5.74) is 3.26. The largest absolute Gasteiger partial charge is 0.520 e. The highest BCUT2D eigenvalue weighted by molar-refractivity contribution is 7.40. The molecule has 2 nitrogen and oxygen atoms in total. The SMILES string of the molecule is CC(C)O[P+](=O)C1C=CC(C(C)(C)C)=CC1=Cc1ccccc1. The average molecular weight is 329 g/mol. The molecule has 23 heavy (non-hydrogen) atoms. The molecule has 0 aliphatic heterocycles. The summed E-state index contributed by atoms with van der Waals surface area (Å²) in [5.74, 6) is 0. The molecule has 0 radical (unpaired) electrons. The Morgan fingerprint density at radius 3 is 2.39 bits per heavy atom. The summed E-state index contributed by atoms with van der Waals surface area (Å²) in [7, 11) is -1.78. The van der Waals surface area contributed by atoms with Crippen LogP contribution in [0.4, 0.5) is 0 Å². The Balaban J connectivity index is 2.40. The maximum Gasteiger partial charge on any atom is 0.520 e. The van der Waals surface area contributed by atoms with Crippen molar-refractivity contribution in [3.8, 4) is 0 Å². The fourth-order valence-electron chi connectivity index (χ4n) is 2.42. The van der Waals surface area contributed by atoms with E-state index in [1.807, 2.05) is 38.1 Å². The van der Waals surface area contributed by atoms with Gasteiger partial charge >= 0.3 is 8.03 Å². The third-order valence-corrected chi connectivity index (χ3v) is 5.22. The Morgan fingerprint density at radius 2 is 1.83 bits per heavy atom. The molecule has 122 valence electrons. The van der Waals surface area contributed by atoms with Crippen molar-refractivity contribution in [3.63, 3.8) is 0 Å². The smallest absolute Gasteiger partial charge is 0.143 e. The Bertz CT molecular complexity index is 646. The van der Waals surface area contributed by atoms with Crippen LogP contribution in [0.2, 0.25) is 0 Å². The topological polar surface area (TPSA) is 26.3 Å². The second-order valence-corrected chi connectivity index (χ2v) is 8.49. The van der Waals surface area contributed by atoms with Gasteiger partial charge in [-0.05, 0) is 47.1 Å². The molecule has 0 saturated carbocycles. The van der Waals surface area contributed by atoms with Crippen LogP contribution < -0.4 is 0 Å². The first-order chi connectivity index (χ1) is 10.8. The minimum atomic E-state index is -1.78. The second-order valence-electron chi connectivity index (χ2n) is 7.15. The molecule has 1 aromatic carbocycles. The third kappa shape index (κ3) is 4.99. The van der Waals surface area contributed by atoms with E-state index in [0.29, 0.717) is 0 Å². The first-order valence-electron chi connectivity index (χ1n) is 8.07. The summed E-state index contributed by atoms with van der Waals surface area (Å²) in [6, 6.07) is 10.1. The van der Waals surface area contributed by atoms with Crippen LogP contribution in [-0.2, 0) is 9.09 Å². The molecule has 0 bridgehead atoms. The van der Waals surface area contributed by atoms with Gasteiger partial charge in [0.15, 0.2) is 0 Å². The first kappa shape index (κ1) is 17.8. The van der Waals surface area contributed by atoms with Crippen molar-refractivity contribution in [1.29, 1.82) is 0 Å². The van der Waals surface area contributed by atoms with Crippen LogP contribution in [0.1, 0.15) is 40.2 Å². The van der Waals surface area contributed by atoms with Crippen molar-refractivity contribution in [2.45, 2.75) is 46.4 Å². The van der Waals surface area contributed by atoms with Gasteiger partial charge in [0.2, 0.25) is 5.66 Å². The number of benzene rings is 1. The van der Waals surface area contributed by atoms with Gasteiger partial charge in [-0.2, -0.15) is 0 Å². The maximum atomic E-state index is 12.6. The molecule has 2 unspecified atom stereocenters. The van der Waals surface area contributed by atoms with E-state index in [2.05, 4.69) is 51.1 Å². The predicted molar refractivity (Wildman–Crippen MR) is 98.7 cm³/mol. The molecule has 2 rings (SSSR count). The molecule has 1 aromatic rings. The van der Waals surface area contributed by atoms with E-state index in [-0.39, 0.29) is 17.2 Å². The van der Waals surface area contributed by atoms with E-state index in [0.717, 1.165) is 11.1 Å². The second kappa shape index (κ2) is 7.38. The van der Waals surface area contributed by atoms with Crippen molar-refractivity contribution >= 4 is 14.1 Å². The molecule has 3 heteroatoms. The van der Waals surface area contributed by atoms with Gasteiger partial charge in [-0.15, -0.1) is 4.52 Å². The van der Waals surface area contributed by atoms with Crippen LogP contribution in [0.25, 0.3) is 6.08 Å². The summed E-state index contributed by atoms with van der Waals surface area (Å²) in [6.45, 7) is 10.4. The Labute approximate surface area is 140 Å². The van der Waals surface area contributed by atoms with Crippen LogP contribution in [-0.4, -0.2) is 11.8 Å². The lowest BCUT2D eigenvalue weighted by atomic mass is 9.82. The van der Waals surface area contributed by atoms with Gasteiger partial charge < -0.3 is 0 Å². The number of rotatable bonds is 4. The van der Waals surface area contributed by atoms with Crippen molar-refractivity contribution in [2.24, 2.45) is 5.41 Å². The molecule has 1 aliphatic rings. The van der Waals surface area contributed by atoms with Crippen LogP contribution in [0, 0.1) is 5.41 Å². The quantitative estimate of drug-likeness (QED) is 0.619. The summed E-state index contributed by atoms with van der Waals surface area (Å²) in [5, 5.41) is 0. The summed E-state index contributed by atoms with van der Waals surface area (Å²) in [4.78, 5) is 0. The number of hydrogen-bond donors (Lipinski definition) is 0. The lowest BCUT2D eigenvalue weighted by Crippen LogP contribution is -2.15. The van der Waals surface area contributed by atoms with E-state index in [4.69, 9.17) is 4.52 Å². The normalized spacial score (nSPS) is 20.8. The van der Waals surface area contributed by atoms with Crippen LogP contribution in [0.5, 0.6) is 0 Å². The number of allylic oxidation sites excluding steroid dienone is 5. The molecule has 0 saturated heterocycles. The highest BCUT2D eigenvalue weighted by Crippen LogP contribution is 2.42. The Kier molecular flexibility index (Phi) is 5.73. The van der Waals surface area contributed by atoms with E-state index < -0.39 is 8.03 Å². The molecular formula is C20H26O2P+. The standard InChI is InChI=1S/C20H26O2P/c1-15(2)22-23(21)19-12-11-18(20(3,4)5)14-17(19)13-16-9-7-6-8-10-16/h6-15,19H,1-5H3/q+1. The van der Waals surface area contributed by atoms with Gasteiger partial charge in [-0.25, -0.2) is 0 Å². The van der Waals surface area contributed by atoms with Gasteiger partial charge in [-0.3, -0.25) is 0 Å². The van der Waals surface area contributed by atoms with Gasteiger partial charge in [0.25, 0.3) is 0 Å². The van der Waals surface area contributed by atoms with Gasteiger partial charge in [0, 0.05) is 5.57 Å². The van der Waals surface area contributed by atoms with Crippen molar-refractivity contribution < 1.29 is 9.09 Å². The fourth-order valence-corrected chi connectivity index (χ4v) is 3.59. The Morgan fingerprint density at radius 1 is 1.17 bits per heavy atom. The van der Waals surface area contributed by atoms with Crippen molar-refractivity contribution in [1.82, 2.24) is 0 Å². The maximum absolute atomic E-state index is 12.6. The lowest BCUT2D eigenvalue weighted by Gasteiger charge is -2.24. The van der Waals surface area contributed by atoms with E-state index in [9.17, 15) is 4.57 Å². The molecule has 0 spiro atoms. The monoisotopic (exact) mass is 329 g/mol. The molecule has 2 atom stereocenters. The average Bonchev–Trinajstić information content (AvgIpc) is 2.46. The minimum absolute atomic E-state index is 0.0435. The van der Waals surface area contributed by atoms with Gasteiger partial charge in [0.05, 0.1) is 0 Å². The van der Waals surface area contributed by atoms with Crippen LogP contribution >= 0.6 is 8.03 Å². The summed E-state index contributed by atoms with van der Waals surface area (Å²) in [6.07, 6.45) is 8.34. The lowest BCUT2D eigenvalue weighted by molar-refractivity contribution is 0.255. The highest BCUT2D eigenvalue weighted by Gasteiger charge is 2.37. The Hall–Kier alpha value is -1.50. The van der Waals surface area contributed by atoms with Crippen molar-refractivity contribution in [3.05, 3.63) is 65.3 Å². The molecule has 1 aliphatic carbocycles. The van der Waals surface area contributed by atoms with Crippen LogP contribution in [0.15, 0.2) is 59.7 Å².